The van der Waals surface area contributed by atoms with E-state index in [1.54, 1.807) is 142 Å². The Balaban J connectivity index is 0.000000176. The van der Waals surface area contributed by atoms with Gasteiger partial charge >= 0.3 is 11.9 Å². The molecular weight excluding hydrogens is 1450 g/mol. The Morgan fingerprint density at radius 2 is 0.682 bits per heavy atom. The van der Waals surface area contributed by atoms with E-state index in [-0.39, 0.29) is 43.2 Å². The van der Waals surface area contributed by atoms with Gasteiger partial charge < -0.3 is 48.2 Å². The maximum Gasteiger partial charge on any atom is 0.343 e. The molecule has 1 N–H and O–H groups in total. The molecule has 110 heavy (non-hydrogen) atoms. The van der Waals surface area contributed by atoms with Crippen molar-refractivity contribution in [3.8, 4) is 34.5 Å². The summed E-state index contributed by atoms with van der Waals surface area (Å²) >= 11 is 19.0. The Morgan fingerprint density at radius 1 is 0.355 bits per heavy atom. The van der Waals surface area contributed by atoms with E-state index in [0.29, 0.717) is 126 Å². The minimum absolute atomic E-state index is 0.0308. The monoisotopic (exact) mass is 1530 g/mol. The summed E-state index contributed by atoms with van der Waals surface area (Å²) in [4.78, 5) is 82.2. The van der Waals surface area contributed by atoms with Crippen molar-refractivity contribution < 1.29 is 57.5 Å². The van der Waals surface area contributed by atoms with Crippen LogP contribution in [0.4, 0.5) is 0 Å². The van der Waals surface area contributed by atoms with E-state index in [0.717, 1.165) is 50.5 Å². The molecule has 21 heteroatoms. The molecule has 0 bridgehead atoms. The summed E-state index contributed by atoms with van der Waals surface area (Å²) in [5.74, 6) is 0.488. The first-order valence-electron chi connectivity index (χ1n) is 35.4. The second-order valence-corrected chi connectivity index (χ2v) is 26.2. The van der Waals surface area contributed by atoms with Gasteiger partial charge in [-0.3, -0.25) is 34.1 Å². The summed E-state index contributed by atoms with van der Waals surface area (Å²) in [6.07, 6.45) is 6.94. The van der Waals surface area contributed by atoms with E-state index in [9.17, 15) is 29.1 Å². The molecule has 3 aromatic heterocycles. The van der Waals surface area contributed by atoms with Gasteiger partial charge in [0.2, 0.25) is 0 Å². The van der Waals surface area contributed by atoms with Gasteiger partial charge in [-0.15, -0.1) is 0 Å². The topological polar surface area (TPSA) is 209 Å². The van der Waals surface area contributed by atoms with E-state index < -0.39 is 11.9 Å². The van der Waals surface area contributed by atoms with Crippen LogP contribution in [0.3, 0.4) is 0 Å². The third kappa shape index (κ3) is 25.1. The molecule has 0 aliphatic heterocycles. The lowest BCUT2D eigenvalue weighted by atomic mass is 10.1. The number of phenols is 1. The minimum Gasteiger partial charge on any atom is -0.504 e. The summed E-state index contributed by atoms with van der Waals surface area (Å²) in [6, 6.07) is 83.3. The number of methoxy groups -OCH3 is 1. The smallest absolute Gasteiger partial charge is 0.343 e. The van der Waals surface area contributed by atoms with Crippen LogP contribution in [0.2, 0.25) is 15.1 Å². The number of esters is 2. The summed E-state index contributed by atoms with van der Waals surface area (Å²) in [6.45, 7) is 4.26. The van der Waals surface area contributed by atoms with Crippen molar-refractivity contribution in [2.75, 3.05) is 33.4 Å². The number of aromatic nitrogens is 3. The summed E-state index contributed by atoms with van der Waals surface area (Å²) < 4.78 is 33.6. The number of carbonyl (C=O) groups is 5. The fourth-order valence-electron chi connectivity index (χ4n) is 11.3. The van der Waals surface area contributed by atoms with Crippen molar-refractivity contribution in [2.45, 2.75) is 65.6 Å². The zero-order chi connectivity index (χ0) is 77.2. The molecule has 0 aliphatic rings. The number of rotatable bonds is 31. The molecule has 0 fully saturated rings. The molecule has 0 saturated heterocycles. The van der Waals surface area contributed by atoms with Gasteiger partial charge in [0.1, 0.15) is 19.8 Å². The number of phenolic OH excluding ortho intramolecular Hbond substituents is 1. The second kappa shape index (κ2) is 42.3. The Kier molecular flexibility index (Phi) is 30.8. The normalized spacial score (nSPS) is 10.6. The predicted octanol–water partition coefficient (Wildman–Crippen LogP) is 17.8. The number of nitrogens with zero attached hydrogens (tertiary/aromatic N) is 6. The van der Waals surface area contributed by atoms with Gasteiger partial charge in [0.25, 0.3) is 17.7 Å². The Morgan fingerprint density at radius 3 is 1.03 bits per heavy atom. The van der Waals surface area contributed by atoms with Crippen molar-refractivity contribution in [1.29, 1.82) is 0 Å². The van der Waals surface area contributed by atoms with Crippen molar-refractivity contribution in [2.24, 2.45) is 0 Å². The summed E-state index contributed by atoms with van der Waals surface area (Å²) in [5.41, 5.74) is 9.29. The minimum atomic E-state index is -0.514. The molecule has 0 atom stereocenters. The fraction of sp³-hybridized carbons (Fsp3) is 0.169. The van der Waals surface area contributed by atoms with Crippen LogP contribution in [0, 0.1) is 0 Å². The van der Waals surface area contributed by atoms with E-state index in [1.807, 2.05) is 164 Å². The zero-order valence-electron chi connectivity index (χ0n) is 60.7. The number of hydrogen-bond acceptors (Lipinski definition) is 15. The maximum atomic E-state index is 13.6. The first-order valence-corrected chi connectivity index (χ1v) is 36.5. The average Bonchev–Trinajstić information content (AvgIpc) is 0.836. The summed E-state index contributed by atoms with van der Waals surface area (Å²) in [7, 11) is 1.30. The lowest BCUT2D eigenvalue weighted by Crippen LogP contribution is -2.33. The number of amides is 3. The van der Waals surface area contributed by atoms with Gasteiger partial charge in [-0.1, -0.05) is 199 Å². The van der Waals surface area contributed by atoms with Crippen molar-refractivity contribution >= 4 is 64.5 Å². The Bertz CT molecular complexity index is 4940. The highest BCUT2D eigenvalue weighted by Gasteiger charge is 2.24. The van der Waals surface area contributed by atoms with Crippen LogP contribution in [0.15, 0.2) is 292 Å². The van der Waals surface area contributed by atoms with Crippen LogP contribution in [0.25, 0.3) is 0 Å². The molecule has 3 amide bonds. The third-order valence-corrected chi connectivity index (χ3v) is 18.0. The van der Waals surface area contributed by atoms with Crippen molar-refractivity contribution in [1.82, 2.24) is 29.7 Å². The van der Waals surface area contributed by atoms with Crippen LogP contribution in [0.1, 0.15) is 88.5 Å². The van der Waals surface area contributed by atoms with Crippen LogP contribution in [-0.4, -0.2) is 97.8 Å². The average molecular weight is 1530 g/mol. The van der Waals surface area contributed by atoms with Gasteiger partial charge in [-0.25, -0.2) is 4.79 Å². The third-order valence-electron chi connectivity index (χ3n) is 17.0. The molecule has 0 radical (unpaired) electrons. The number of aromatic hydroxyl groups is 1. The van der Waals surface area contributed by atoms with Crippen LogP contribution in [-0.2, 0) is 73.0 Å². The number of halogens is 3. The maximum absolute atomic E-state index is 13.6. The largest absolute Gasteiger partial charge is 0.504 e. The highest BCUT2D eigenvalue weighted by molar-refractivity contribution is 6.34. The Hall–Kier alpha value is -12.4. The second-order valence-electron chi connectivity index (χ2n) is 25.0. The highest BCUT2D eigenvalue weighted by Crippen LogP contribution is 2.34. The molecule has 12 aromatic rings. The van der Waals surface area contributed by atoms with E-state index >= 15 is 0 Å². The first-order chi connectivity index (χ1) is 53.6. The number of benzene rings is 9. The fourth-order valence-corrected chi connectivity index (χ4v) is 11.9. The molecule has 3 heterocycles. The van der Waals surface area contributed by atoms with Crippen molar-refractivity contribution in [3.63, 3.8) is 0 Å². The van der Waals surface area contributed by atoms with E-state index in [4.69, 9.17) is 63.2 Å². The van der Waals surface area contributed by atoms with Gasteiger partial charge in [0.05, 0.1) is 38.9 Å². The molecule has 18 nitrogen and oxygen atoms in total. The van der Waals surface area contributed by atoms with E-state index in [1.165, 1.54) is 14.0 Å². The predicted molar refractivity (Wildman–Crippen MR) is 425 cm³/mol. The number of carbonyl (C=O) groups excluding carboxylic acids is 5. The zero-order valence-corrected chi connectivity index (χ0v) is 62.9. The van der Waals surface area contributed by atoms with Gasteiger partial charge in [-0.05, 0) is 143 Å². The molecule has 0 aliphatic carbocycles. The van der Waals surface area contributed by atoms with Crippen LogP contribution < -0.4 is 23.7 Å². The lowest BCUT2D eigenvalue weighted by molar-refractivity contribution is -0.143. The van der Waals surface area contributed by atoms with Crippen LogP contribution >= 0.6 is 34.8 Å². The number of hydrogen-bond donors (Lipinski definition) is 1. The van der Waals surface area contributed by atoms with Crippen LogP contribution in [0.5, 0.6) is 34.5 Å². The first kappa shape index (κ1) is 80.2. The van der Waals surface area contributed by atoms with Crippen molar-refractivity contribution in [3.05, 3.63) is 374 Å². The molecular formula is C89H81Cl3N6O12. The molecule has 12 rings (SSSR count). The molecule has 0 saturated carbocycles. The SMILES string of the molecule is CC(=O)Oc1cc(CN(CCc2ccccn2)C(=O)c2ccccc2Cl)ccc1OCc1ccccc1.COC(=O)COc1cc(CN(CCc2ccccn2)C(=O)c2ccccc2Cl)ccc1OCc1ccccc1.O=C(c1ccccc1Cl)N(CCc1ccccn1)Cc1ccc(OCc2ccccc2)c(O)c1. The molecule has 0 spiro atoms. The standard InChI is InChI=1S/C31H29ClN2O5.C30H27ClN2O4.C28H25ClN2O3/c1-37-30(35)22-39-29-19-24(14-15-28(29)38-21-23-9-3-2-4-10-23)20-34(18-16-25-11-7-8-17-33-25)31(36)26-12-5-6-13-27(26)32;1-22(34)37-29-19-24(14-15-28(29)36-21-23-9-3-2-4-10-23)20-33(18-16-25-11-7-8-17-32-25)30(35)26-12-5-6-13-27(26)31;29-25-12-5-4-11-24(25)28(33)31(17-15-23-10-6-7-16-30-23)19-22-13-14-27(26(32)18-22)34-20-21-8-2-1-3-9-21/h2-15,17,19H,16,18,20-22H2,1H3;2-15,17,19H,16,18,20-21H2,1H3;1-14,16,18,32H,15,17,19-20H2. The molecule has 9 aromatic carbocycles. The van der Waals surface area contributed by atoms with Gasteiger partial charge in [0.15, 0.2) is 41.1 Å². The highest BCUT2D eigenvalue weighted by atomic mass is 35.5. The Labute approximate surface area is 655 Å². The summed E-state index contributed by atoms with van der Waals surface area (Å²) in [5, 5.41) is 11.7. The van der Waals surface area contributed by atoms with Gasteiger partial charge in [0, 0.05) is 101 Å². The molecule has 560 valence electrons. The number of pyridine rings is 3. The van der Waals surface area contributed by atoms with Gasteiger partial charge in [-0.2, -0.15) is 0 Å². The van der Waals surface area contributed by atoms with E-state index in [2.05, 4.69) is 15.0 Å². The lowest BCUT2D eigenvalue weighted by Gasteiger charge is -2.24. The number of ether oxygens (including phenoxy) is 6. The quantitative estimate of drug-likeness (QED) is 0.0316. The molecule has 0 unspecified atom stereocenters.